The number of likely N-dealkylation sites (N-methyl/N-ethyl adjacent to an activating group) is 1. The van der Waals surface area contributed by atoms with E-state index in [0.717, 1.165) is 26.2 Å². The van der Waals surface area contributed by atoms with Gasteiger partial charge in [-0.3, -0.25) is 9.69 Å². The van der Waals surface area contributed by atoms with Crippen LogP contribution < -0.4 is 5.32 Å². The zero-order chi connectivity index (χ0) is 13.4. The van der Waals surface area contributed by atoms with Crippen LogP contribution in [0.2, 0.25) is 0 Å². The van der Waals surface area contributed by atoms with Crippen molar-refractivity contribution < 1.29 is 4.79 Å². The van der Waals surface area contributed by atoms with Gasteiger partial charge in [-0.15, -0.1) is 0 Å². The number of amides is 1. The van der Waals surface area contributed by atoms with Crippen molar-refractivity contribution in [2.24, 2.45) is 0 Å². The Hall–Kier alpha value is -0.610. The lowest BCUT2D eigenvalue weighted by Gasteiger charge is -2.32. The number of rotatable bonds is 7. The van der Waals surface area contributed by atoms with Crippen LogP contribution in [0, 0.1) is 0 Å². The van der Waals surface area contributed by atoms with Crippen LogP contribution in [-0.4, -0.2) is 61.5 Å². The van der Waals surface area contributed by atoms with Gasteiger partial charge in [-0.05, 0) is 19.9 Å². The lowest BCUT2D eigenvalue weighted by molar-refractivity contribution is -0.133. The minimum absolute atomic E-state index is 0.288. The van der Waals surface area contributed by atoms with E-state index in [2.05, 4.69) is 31.1 Å². The van der Waals surface area contributed by atoms with Crippen molar-refractivity contribution in [3.63, 3.8) is 0 Å². The molecule has 0 radical (unpaired) electrons. The van der Waals surface area contributed by atoms with E-state index in [1.807, 2.05) is 4.90 Å². The molecule has 106 valence electrons. The Morgan fingerprint density at radius 3 is 2.28 bits per heavy atom. The van der Waals surface area contributed by atoms with Crippen LogP contribution in [0.4, 0.5) is 0 Å². The van der Waals surface area contributed by atoms with E-state index in [1.165, 1.54) is 25.7 Å². The molecule has 0 aromatic heterocycles. The van der Waals surface area contributed by atoms with E-state index in [4.69, 9.17) is 0 Å². The fraction of sp³-hybridized carbons (Fsp3) is 0.929. The van der Waals surface area contributed by atoms with Crippen molar-refractivity contribution in [1.29, 1.82) is 0 Å². The second-order valence-corrected chi connectivity index (χ2v) is 5.28. The number of nitrogens with one attached hydrogen (secondary N) is 1. The summed E-state index contributed by atoms with van der Waals surface area (Å²) in [6.07, 6.45) is 4.77. The lowest BCUT2D eigenvalue weighted by Crippen LogP contribution is -2.50. The highest BCUT2D eigenvalue weighted by molar-refractivity contribution is 5.78. The minimum atomic E-state index is 0.288. The summed E-state index contributed by atoms with van der Waals surface area (Å²) in [4.78, 5) is 16.4. The molecule has 4 heteroatoms. The molecule has 1 saturated heterocycles. The third kappa shape index (κ3) is 4.94. The molecule has 1 aliphatic rings. The van der Waals surface area contributed by atoms with Crippen LogP contribution >= 0.6 is 0 Å². The number of hydrogen-bond donors (Lipinski definition) is 1. The van der Waals surface area contributed by atoms with Gasteiger partial charge in [0.05, 0.1) is 6.54 Å². The van der Waals surface area contributed by atoms with E-state index in [9.17, 15) is 4.79 Å². The van der Waals surface area contributed by atoms with Gasteiger partial charge < -0.3 is 10.2 Å². The zero-order valence-corrected chi connectivity index (χ0v) is 12.2. The van der Waals surface area contributed by atoms with Crippen LogP contribution in [0.15, 0.2) is 0 Å². The van der Waals surface area contributed by atoms with Crippen molar-refractivity contribution in [1.82, 2.24) is 15.1 Å². The molecule has 0 spiro atoms. The van der Waals surface area contributed by atoms with Gasteiger partial charge in [-0.1, -0.05) is 26.7 Å². The number of piperazine rings is 1. The summed E-state index contributed by atoms with van der Waals surface area (Å²) in [6.45, 7) is 8.59. The molecule has 1 heterocycles. The maximum atomic E-state index is 12.2. The highest BCUT2D eigenvalue weighted by atomic mass is 16.2. The van der Waals surface area contributed by atoms with Crippen molar-refractivity contribution in [2.75, 3.05) is 39.8 Å². The standard InChI is InChI=1S/C14H29N3O/c1-4-6-13(7-5-2)16(3)12-14(18)17-10-8-15-9-11-17/h13,15H,4-12H2,1-3H3. The Kier molecular flexibility index (Phi) is 7.28. The first-order chi connectivity index (χ1) is 8.69. The smallest absolute Gasteiger partial charge is 0.236 e. The number of hydrogen-bond acceptors (Lipinski definition) is 3. The van der Waals surface area contributed by atoms with Crippen molar-refractivity contribution in [3.05, 3.63) is 0 Å². The molecular weight excluding hydrogens is 226 g/mol. The predicted molar refractivity (Wildman–Crippen MR) is 75.7 cm³/mol. The van der Waals surface area contributed by atoms with Crippen molar-refractivity contribution in [3.8, 4) is 0 Å². The molecule has 4 nitrogen and oxygen atoms in total. The molecule has 1 rings (SSSR count). The lowest BCUT2D eigenvalue weighted by atomic mass is 10.1. The second kappa shape index (κ2) is 8.48. The summed E-state index contributed by atoms with van der Waals surface area (Å²) in [7, 11) is 2.09. The Balaban J connectivity index is 2.40. The molecule has 18 heavy (non-hydrogen) atoms. The van der Waals surface area contributed by atoms with Gasteiger partial charge in [-0.2, -0.15) is 0 Å². The summed E-state index contributed by atoms with van der Waals surface area (Å²) < 4.78 is 0. The monoisotopic (exact) mass is 255 g/mol. The van der Waals surface area contributed by atoms with E-state index in [0.29, 0.717) is 12.6 Å². The third-order valence-electron chi connectivity index (χ3n) is 3.72. The fourth-order valence-corrected chi connectivity index (χ4v) is 2.61. The highest BCUT2D eigenvalue weighted by Gasteiger charge is 2.20. The Morgan fingerprint density at radius 1 is 1.22 bits per heavy atom. The fourth-order valence-electron chi connectivity index (χ4n) is 2.61. The number of carbonyl (C=O) groups is 1. The molecule has 0 aromatic rings. The highest BCUT2D eigenvalue weighted by Crippen LogP contribution is 2.11. The molecule has 1 amide bonds. The summed E-state index contributed by atoms with van der Waals surface area (Å²) in [5.74, 6) is 0.288. The average molecular weight is 255 g/mol. The van der Waals surface area contributed by atoms with Crippen LogP contribution in [0.1, 0.15) is 39.5 Å². The summed E-state index contributed by atoms with van der Waals surface area (Å²) in [6, 6.07) is 0.562. The average Bonchev–Trinajstić information content (AvgIpc) is 2.39. The molecule has 1 fully saturated rings. The Labute approximate surface area is 112 Å². The second-order valence-electron chi connectivity index (χ2n) is 5.28. The quantitative estimate of drug-likeness (QED) is 0.745. The summed E-state index contributed by atoms with van der Waals surface area (Å²) in [5.41, 5.74) is 0. The Bertz CT molecular complexity index is 233. The Morgan fingerprint density at radius 2 is 1.78 bits per heavy atom. The van der Waals surface area contributed by atoms with Gasteiger partial charge in [-0.25, -0.2) is 0 Å². The molecule has 1 aliphatic heterocycles. The number of nitrogens with zero attached hydrogens (tertiary/aromatic N) is 2. The first-order valence-corrected chi connectivity index (χ1v) is 7.37. The topological polar surface area (TPSA) is 35.6 Å². The molecular formula is C14H29N3O. The summed E-state index contributed by atoms with van der Waals surface area (Å²) in [5, 5.41) is 3.28. The van der Waals surface area contributed by atoms with Gasteiger partial charge in [0, 0.05) is 32.2 Å². The van der Waals surface area contributed by atoms with Gasteiger partial charge >= 0.3 is 0 Å². The molecule has 0 unspecified atom stereocenters. The molecule has 0 atom stereocenters. The molecule has 0 bridgehead atoms. The SMILES string of the molecule is CCCC(CCC)N(C)CC(=O)N1CCNCC1. The first kappa shape index (κ1) is 15.4. The van der Waals surface area contributed by atoms with Crippen LogP contribution in [-0.2, 0) is 4.79 Å². The third-order valence-corrected chi connectivity index (χ3v) is 3.72. The van der Waals surface area contributed by atoms with Gasteiger partial charge in [0.25, 0.3) is 0 Å². The van der Waals surface area contributed by atoms with E-state index in [-0.39, 0.29) is 5.91 Å². The van der Waals surface area contributed by atoms with E-state index < -0.39 is 0 Å². The van der Waals surface area contributed by atoms with Crippen LogP contribution in [0.3, 0.4) is 0 Å². The molecule has 0 saturated carbocycles. The van der Waals surface area contributed by atoms with E-state index >= 15 is 0 Å². The van der Waals surface area contributed by atoms with Crippen molar-refractivity contribution >= 4 is 5.91 Å². The van der Waals surface area contributed by atoms with Gasteiger partial charge in [0.1, 0.15) is 0 Å². The van der Waals surface area contributed by atoms with Crippen LogP contribution in [0.5, 0.6) is 0 Å². The molecule has 0 aliphatic carbocycles. The zero-order valence-electron chi connectivity index (χ0n) is 12.2. The maximum Gasteiger partial charge on any atom is 0.236 e. The predicted octanol–water partition coefficient (Wildman–Crippen LogP) is 1.32. The summed E-state index contributed by atoms with van der Waals surface area (Å²) >= 11 is 0. The van der Waals surface area contributed by atoms with Gasteiger partial charge in [0.2, 0.25) is 5.91 Å². The van der Waals surface area contributed by atoms with Crippen LogP contribution in [0.25, 0.3) is 0 Å². The molecule has 1 N–H and O–H groups in total. The number of carbonyl (C=O) groups excluding carboxylic acids is 1. The minimum Gasteiger partial charge on any atom is -0.339 e. The normalized spacial score (nSPS) is 16.6. The first-order valence-electron chi connectivity index (χ1n) is 7.37. The largest absolute Gasteiger partial charge is 0.339 e. The maximum absolute atomic E-state index is 12.2. The van der Waals surface area contributed by atoms with Gasteiger partial charge in [0.15, 0.2) is 0 Å². The van der Waals surface area contributed by atoms with Crippen molar-refractivity contribution in [2.45, 2.75) is 45.6 Å². The van der Waals surface area contributed by atoms with E-state index in [1.54, 1.807) is 0 Å². The molecule has 0 aromatic carbocycles.